The zero-order valence-electron chi connectivity index (χ0n) is 9.61. The molecule has 0 saturated carbocycles. The fourth-order valence-corrected chi connectivity index (χ4v) is 4.46. The molecule has 0 aliphatic rings. The van der Waals surface area contributed by atoms with E-state index in [0.717, 1.165) is 23.2 Å². The topological polar surface area (TPSA) is 93.5 Å². The van der Waals surface area contributed by atoms with Crippen LogP contribution in [0.25, 0.3) is 0 Å². The van der Waals surface area contributed by atoms with Gasteiger partial charge in [0.05, 0.1) is 0 Å². The average molecular weight is 355 g/mol. The van der Waals surface area contributed by atoms with Gasteiger partial charge in [-0.25, -0.2) is 26.8 Å². The molecule has 100 valence electrons. The third-order valence-corrected chi connectivity index (χ3v) is 6.38. The third kappa shape index (κ3) is 4.46. The molecule has 0 atom stereocenters. The van der Waals surface area contributed by atoms with Crippen LogP contribution in [0.2, 0.25) is 0 Å². The summed E-state index contributed by atoms with van der Waals surface area (Å²) in [6.45, 7) is 0. The lowest BCUT2D eigenvalue weighted by Gasteiger charge is -2.06. The van der Waals surface area contributed by atoms with Crippen LogP contribution in [-0.2, 0) is 19.7 Å². The Morgan fingerprint density at radius 2 is 1.78 bits per heavy atom. The minimum atomic E-state index is -3.78. The van der Waals surface area contributed by atoms with E-state index in [0.29, 0.717) is 0 Å². The smallest absolute Gasteiger partial charge is 0.197 e. The number of hydrogen-bond acceptors (Lipinski definition) is 6. The van der Waals surface area contributed by atoms with Gasteiger partial charge in [-0.3, -0.25) is 0 Å². The number of rotatable bonds is 4. The molecule has 1 rings (SSSR count). The molecule has 0 aromatic carbocycles. The molecule has 0 unspecified atom stereocenters. The third-order valence-electron chi connectivity index (χ3n) is 1.88. The van der Waals surface area contributed by atoms with Gasteiger partial charge in [0.2, 0.25) is 0 Å². The summed E-state index contributed by atoms with van der Waals surface area (Å²) in [5.74, 6) is 0.232. The van der Waals surface area contributed by atoms with Crippen molar-refractivity contribution in [3.8, 4) is 0 Å². The van der Waals surface area contributed by atoms with E-state index in [4.69, 9.17) is 0 Å². The number of aliphatic imine (C=N–C) groups is 1. The molecule has 0 aliphatic heterocycles. The fourth-order valence-electron chi connectivity index (χ4n) is 1.12. The molecule has 9 heteroatoms. The molecule has 0 aliphatic carbocycles. The summed E-state index contributed by atoms with van der Waals surface area (Å²) >= 11 is 3.18. The van der Waals surface area contributed by atoms with Crippen LogP contribution in [0.3, 0.4) is 0 Å². The van der Waals surface area contributed by atoms with E-state index in [1.54, 1.807) is 6.07 Å². The maximum atomic E-state index is 11.4. The highest BCUT2D eigenvalue weighted by molar-refractivity contribution is 9.10. The van der Waals surface area contributed by atoms with Crippen LogP contribution >= 0.6 is 15.9 Å². The van der Waals surface area contributed by atoms with E-state index in [1.807, 2.05) is 0 Å². The molecule has 0 spiro atoms. The Morgan fingerprint density at radius 1 is 1.22 bits per heavy atom. The van der Waals surface area contributed by atoms with Crippen molar-refractivity contribution < 1.29 is 16.8 Å². The molecule has 18 heavy (non-hydrogen) atoms. The molecule has 0 bridgehead atoms. The van der Waals surface area contributed by atoms with E-state index in [-0.39, 0.29) is 5.82 Å². The van der Waals surface area contributed by atoms with Crippen molar-refractivity contribution in [1.82, 2.24) is 4.98 Å². The standard InChI is InChI=1S/C9H11BrN2O4S2/c1-17(13,14)9(18(2,15)16)6-12-8-4-3-7(10)5-11-8/h3-6,9H,1-2H3. The first-order valence-electron chi connectivity index (χ1n) is 4.64. The van der Waals surface area contributed by atoms with Gasteiger partial charge < -0.3 is 0 Å². The molecule has 6 nitrogen and oxygen atoms in total. The van der Waals surface area contributed by atoms with Gasteiger partial charge in [-0.05, 0) is 28.1 Å². The highest BCUT2D eigenvalue weighted by Gasteiger charge is 2.29. The van der Waals surface area contributed by atoms with Crippen molar-refractivity contribution in [2.75, 3.05) is 12.5 Å². The lowest BCUT2D eigenvalue weighted by atomic mass is 10.5. The van der Waals surface area contributed by atoms with E-state index in [1.165, 1.54) is 12.3 Å². The van der Waals surface area contributed by atoms with Crippen LogP contribution in [-0.4, -0.2) is 45.1 Å². The van der Waals surface area contributed by atoms with Crippen LogP contribution in [0, 0.1) is 0 Å². The van der Waals surface area contributed by atoms with Crippen LogP contribution in [0.1, 0.15) is 0 Å². The molecular weight excluding hydrogens is 344 g/mol. The summed E-state index contributed by atoms with van der Waals surface area (Å²) < 4.78 is 44.5. The predicted molar refractivity (Wildman–Crippen MR) is 73.6 cm³/mol. The quantitative estimate of drug-likeness (QED) is 0.750. The summed E-state index contributed by atoms with van der Waals surface area (Å²) in [7, 11) is -7.55. The summed E-state index contributed by atoms with van der Waals surface area (Å²) in [5, 5.41) is 0. The first kappa shape index (κ1) is 15.3. The molecule has 1 aromatic rings. The fraction of sp³-hybridized carbons (Fsp3) is 0.333. The Hall–Kier alpha value is -0.800. The number of pyridine rings is 1. The van der Waals surface area contributed by atoms with Crippen LogP contribution in [0.4, 0.5) is 5.82 Å². The minimum Gasteiger partial charge on any atom is -0.239 e. The Kier molecular flexibility index (Phi) is 4.62. The van der Waals surface area contributed by atoms with Crippen LogP contribution < -0.4 is 0 Å². The highest BCUT2D eigenvalue weighted by Crippen LogP contribution is 2.13. The van der Waals surface area contributed by atoms with Gasteiger partial charge in [0, 0.05) is 29.4 Å². The van der Waals surface area contributed by atoms with Gasteiger partial charge in [-0.2, -0.15) is 0 Å². The second-order valence-electron chi connectivity index (χ2n) is 3.64. The first-order chi connectivity index (χ1) is 8.10. The molecule has 1 aromatic heterocycles. The van der Waals surface area contributed by atoms with Crippen molar-refractivity contribution in [1.29, 1.82) is 0 Å². The lowest BCUT2D eigenvalue weighted by Crippen LogP contribution is -2.30. The Morgan fingerprint density at radius 3 is 2.17 bits per heavy atom. The number of halogens is 1. The van der Waals surface area contributed by atoms with E-state index in [2.05, 4.69) is 25.9 Å². The van der Waals surface area contributed by atoms with Crippen molar-refractivity contribution >= 4 is 47.6 Å². The normalized spacial score (nSPS) is 13.3. The number of nitrogens with zero attached hydrogens (tertiary/aromatic N) is 2. The maximum absolute atomic E-state index is 11.4. The summed E-state index contributed by atoms with van der Waals surface area (Å²) in [5.41, 5.74) is 0. The molecule has 1 heterocycles. The summed E-state index contributed by atoms with van der Waals surface area (Å²) in [6.07, 6.45) is 4.04. The summed E-state index contributed by atoms with van der Waals surface area (Å²) in [6, 6.07) is 3.19. The van der Waals surface area contributed by atoms with Gasteiger partial charge >= 0.3 is 0 Å². The largest absolute Gasteiger partial charge is 0.239 e. The van der Waals surface area contributed by atoms with Crippen molar-refractivity contribution in [2.45, 2.75) is 4.58 Å². The van der Waals surface area contributed by atoms with Crippen LogP contribution in [0.15, 0.2) is 27.8 Å². The Labute approximate surface area is 114 Å². The molecule has 0 saturated heterocycles. The van der Waals surface area contributed by atoms with Gasteiger partial charge in [-0.1, -0.05) is 0 Å². The zero-order valence-corrected chi connectivity index (χ0v) is 12.8. The van der Waals surface area contributed by atoms with Crippen molar-refractivity contribution in [2.24, 2.45) is 4.99 Å². The van der Waals surface area contributed by atoms with Crippen molar-refractivity contribution in [3.63, 3.8) is 0 Å². The van der Waals surface area contributed by atoms with Crippen molar-refractivity contribution in [3.05, 3.63) is 22.8 Å². The monoisotopic (exact) mass is 354 g/mol. The zero-order chi connectivity index (χ0) is 14.0. The van der Waals surface area contributed by atoms with E-state index in [9.17, 15) is 16.8 Å². The van der Waals surface area contributed by atoms with E-state index < -0.39 is 24.3 Å². The predicted octanol–water partition coefficient (Wildman–Crippen LogP) is 0.962. The second-order valence-corrected chi connectivity index (χ2v) is 9.19. The van der Waals surface area contributed by atoms with Gasteiger partial charge in [0.1, 0.15) is 0 Å². The van der Waals surface area contributed by atoms with Gasteiger partial charge in [-0.15, -0.1) is 0 Å². The minimum absolute atomic E-state index is 0.232. The van der Waals surface area contributed by atoms with Gasteiger partial charge in [0.15, 0.2) is 30.1 Å². The number of hydrogen-bond donors (Lipinski definition) is 0. The first-order valence-corrected chi connectivity index (χ1v) is 9.34. The number of sulfone groups is 2. The SMILES string of the molecule is CS(=O)(=O)C(C=Nc1ccc(Br)cn1)S(C)(=O)=O. The molecule has 0 N–H and O–H groups in total. The lowest BCUT2D eigenvalue weighted by molar-refractivity contribution is 0.591. The molecular formula is C9H11BrN2O4S2. The summed E-state index contributed by atoms with van der Waals surface area (Å²) in [4.78, 5) is 7.65. The molecule has 0 amide bonds. The highest BCUT2D eigenvalue weighted by atomic mass is 79.9. The molecule has 0 radical (unpaired) electrons. The second kappa shape index (κ2) is 5.45. The van der Waals surface area contributed by atoms with Crippen LogP contribution in [0.5, 0.6) is 0 Å². The average Bonchev–Trinajstić information content (AvgIpc) is 2.17. The van der Waals surface area contributed by atoms with E-state index >= 15 is 0 Å². The Balaban J connectivity index is 3.10. The molecule has 0 fully saturated rings. The maximum Gasteiger partial charge on any atom is 0.197 e. The van der Waals surface area contributed by atoms with Gasteiger partial charge in [0.25, 0.3) is 0 Å². The number of aromatic nitrogens is 1. The Bertz CT molecular complexity index is 618.